The highest BCUT2D eigenvalue weighted by molar-refractivity contribution is 8.00. The van der Waals surface area contributed by atoms with Crippen molar-refractivity contribution in [2.24, 2.45) is 4.99 Å². The molecule has 27 heavy (non-hydrogen) atoms. The van der Waals surface area contributed by atoms with Crippen LogP contribution in [0.1, 0.15) is 29.2 Å². The fourth-order valence-electron chi connectivity index (χ4n) is 3.18. The van der Waals surface area contributed by atoms with E-state index in [0.29, 0.717) is 35.0 Å². The number of aliphatic imine (C=N–C) groups is 1. The molecule has 0 amide bonds. The van der Waals surface area contributed by atoms with Crippen LogP contribution in [0.5, 0.6) is 11.5 Å². The first kappa shape index (κ1) is 17.6. The zero-order valence-corrected chi connectivity index (χ0v) is 16.2. The van der Waals surface area contributed by atoms with E-state index in [1.807, 2.05) is 50.2 Å². The minimum atomic E-state index is -3.63. The Hall–Kier alpha value is -2.80. The molecular weight excluding hydrogens is 364 g/mol. The number of rotatable bonds is 3. The number of ether oxygens (including phenoxy) is 2. The van der Waals surface area contributed by atoms with Gasteiger partial charge in [0.15, 0.2) is 11.5 Å². The summed E-state index contributed by atoms with van der Waals surface area (Å²) in [7, 11) is -3.63. The molecule has 0 aliphatic carbocycles. The number of nitrogens with one attached hydrogen (secondary N) is 1. The van der Waals surface area contributed by atoms with E-state index in [1.54, 1.807) is 6.92 Å². The second kappa shape index (κ2) is 6.42. The van der Waals surface area contributed by atoms with Crippen LogP contribution in [0, 0.1) is 13.8 Å². The van der Waals surface area contributed by atoms with Gasteiger partial charge in [0.2, 0.25) is 6.79 Å². The van der Waals surface area contributed by atoms with Crippen LogP contribution in [0.2, 0.25) is 0 Å². The number of sulfonamides is 1. The maximum atomic E-state index is 12.7. The summed E-state index contributed by atoms with van der Waals surface area (Å²) in [6, 6.07) is 11.3. The zero-order valence-electron chi connectivity index (χ0n) is 15.4. The molecule has 0 bridgehead atoms. The van der Waals surface area contributed by atoms with Crippen molar-refractivity contribution in [2.75, 3.05) is 6.79 Å². The molecule has 0 unspecified atom stereocenters. The van der Waals surface area contributed by atoms with Crippen molar-refractivity contribution in [1.82, 2.24) is 4.72 Å². The van der Waals surface area contributed by atoms with Crippen LogP contribution in [0.25, 0.3) is 4.91 Å². The lowest BCUT2D eigenvalue weighted by Gasteiger charge is -2.06. The summed E-state index contributed by atoms with van der Waals surface area (Å²) < 4.78 is 38.6. The quantitative estimate of drug-likeness (QED) is 0.881. The number of hydrogen-bond acceptors (Lipinski definition) is 5. The van der Waals surface area contributed by atoms with Crippen LogP contribution in [-0.4, -0.2) is 21.0 Å². The van der Waals surface area contributed by atoms with Crippen LogP contribution in [0.3, 0.4) is 0 Å². The average molecular weight is 384 g/mol. The SMILES string of the molecule is CC1=C(c2ccc(C)c(C)c2)S(=O)(=O)NC1=NCc1ccc2c(c1)OCO2. The monoisotopic (exact) mass is 384 g/mol. The van der Waals surface area contributed by atoms with Crippen LogP contribution in [0.4, 0.5) is 0 Å². The Morgan fingerprint density at radius 3 is 2.56 bits per heavy atom. The first-order valence-electron chi connectivity index (χ1n) is 8.60. The van der Waals surface area contributed by atoms with Gasteiger partial charge in [-0.3, -0.25) is 9.71 Å². The number of amidine groups is 1. The van der Waals surface area contributed by atoms with Crippen molar-refractivity contribution >= 4 is 20.8 Å². The molecule has 6 nitrogen and oxygen atoms in total. The Morgan fingerprint density at radius 1 is 1.00 bits per heavy atom. The fourth-order valence-corrected chi connectivity index (χ4v) is 4.69. The molecule has 7 heteroatoms. The van der Waals surface area contributed by atoms with Crippen LogP contribution >= 0.6 is 0 Å². The van der Waals surface area contributed by atoms with Crippen LogP contribution < -0.4 is 14.2 Å². The summed E-state index contributed by atoms with van der Waals surface area (Å²) >= 11 is 0. The summed E-state index contributed by atoms with van der Waals surface area (Å²) in [6.45, 7) is 6.30. The predicted molar refractivity (Wildman–Crippen MR) is 104 cm³/mol. The Balaban J connectivity index is 1.66. The highest BCUT2D eigenvalue weighted by Crippen LogP contribution is 2.33. The maximum Gasteiger partial charge on any atom is 0.264 e. The average Bonchev–Trinajstić information content (AvgIpc) is 3.17. The van der Waals surface area contributed by atoms with Crippen LogP contribution in [0.15, 0.2) is 47.0 Å². The second-order valence-corrected chi connectivity index (χ2v) is 8.33. The number of aryl methyl sites for hydroxylation is 2. The Labute approximate surface area is 158 Å². The number of fused-ring (bicyclic) bond motifs is 1. The molecular formula is C20H20N2O4S. The number of benzene rings is 2. The first-order valence-corrected chi connectivity index (χ1v) is 10.1. The van der Waals surface area contributed by atoms with Gasteiger partial charge < -0.3 is 9.47 Å². The van der Waals surface area contributed by atoms with Crippen molar-refractivity contribution in [3.63, 3.8) is 0 Å². The van der Waals surface area contributed by atoms with Gasteiger partial charge in [-0.05, 0) is 55.2 Å². The third-order valence-electron chi connectivity index (χ3n) is 4.82. The Kier molecular flexibility index (Phi) is 4.19. The maximum absolute atomic E-state index is 12.7. The van der Waals surface area contributed by atoms with Gasteiger partial charge in [-0.2, -0.15) is 0 Å². The summed E-state index contributed by atoms with van der Waals surface area (Å²) in [5.74, 6) is 1.77. The van der Waals surface area contributed by atoms with E-state index in [-0.39, 0.29) is 11.7 Å². The molecule has 2 aromatic carbocycles. The van der Waals surface area contributed by atoms with Crippen molar-refractivity contribution in [1.29, 1.82) is 0 Å². The van der Waals surface area contributed by atoms with E-state index < -0.39 is 10.0 Å². The van der Waals surface area contributed by atoms with Crippen LogP contribution in [-0.2, 0) is 16.6 Å². The Morgan fingerprint density at radius 2 is 1.78 bits per heavy atom. The molecule has 0 spiro atoms. The lowest BCUT2D eigenvalue weighted by atomic mass is 10.0. The highest BCUT2D eigenvalue weighted by atomic mass is 32.2. The molecule has 2 heterocycles. The van der Waals surface area contributed by atoms with E-state index in [0.717, 1.165) is 16.7 Å². The summed E-state index contributed by atoms with van der Waals surface area (Å²) in [6.07, 6.45) is 0. The fraction of sp³-hybridized carbons (Fsp3) is 0.250. The van der Waals surface area contributed by atoms with Crippen molar-refractivity contribution in [2.45, 2.75) is 27.3 Å². The van der Waals surface area contributed by atoms with Gasteiger partial charge in [0.1, 0.15) is 10.7 Å². The normalized spacial score (nSPS) is 18.9. The van der Waals surface area contributed by atoms with Crippen molar-refractivity contribution in [3.05, 3.63) is 64.2 Å². The topological polar surface area (TPSA) is 77.0 Å². The smallest absolute Gasteiger partial charge is 0.264 e. The highest BCUT2D eigenvalue weighted by Gasteiger charge is 2.32. The third-order valence-corrected chi connectivity index (χ3v) is 6.36. The summed E-state index contributed by atoms with van der Waals surface area (Å²) in [5, 5.41) is 0. The molecule has 0 atom stereocenters. The van der Waals surface area contributed by atoms with E-state index in [1.165, 1.54) is 0 Å². The predicted octanol–water partition coefficient (Wildman–Crippen LogP) is 3.29. The molecule has 2 aliphatic rings. The second-order valence-electron chi connectivity index (χ2n) is 6.71. The lowest BCUT2D eigenvalue weighted by Crippen LogP contribution is -2.23. The largest absolute Gasteiger partial charge is 0.454 e. The van der Waals surface area contributed by atoms with E-state index in [9.17, 15) is 8.42 Å². The first-order chi connectivity index (χ1) is 12.8. The molecule has 140 valence electrons. The number of nitrogens with zero attached hydrogens (tertiary/aromatic N) is 1. The Bertz CT molecular complexity index is 1100. The molecule has 1 N–H and O–H groups in total. The molecule has 2 aliphatic heterocycles. The van der Waals surface area contributed by atoms with E-state index in [2.05, 4.69) is 9.71 Å². The van der Waals surface area contributed by atoms with Gasteiger partial charge in [0.25, 0.3) is 10.0 Å². The van der Waals surface area contributed by atoms with Gasteiger partial charge in [-0.1, -0.05) is 24.3 Å². The minimum absolute atomic E-state index is 0.217. The molecule has 4 rings (SSSR count). The lowest BCUT2D eigenvalue weighted by molar-refractivity contribution is 0.174. The van der Waals surface area contributed by atoms with E-state index in [4.69, 9.17) is 9.47 Å². The van der Waals surface area contributed by atoms with Gasteiger partial charge in [0, 0.05) is 5.57 Å². The zero-order chi connectivity index (χ0) is 19.2. The minimum Gasteiger partial charge on any atom is -0.454 e. The van der Waals surface area contributed by atoms with Crippen molar-refractivity contribution in [3.8, 4) is 11.5 Å². The van der Waals surface area contributed by atoms with Crippen molar-refractivity contribution < 1.29 is 17.9 Å². The molecule has 0 aromatic heterocycles. The van der Waals surface area contributed by atoms with Gasteiger partial charge in [-0.25, -0.2) is 8.42 Å². The molecule has 0 saturated heterocycles. The van der Waals surface area contributed by atoms with E-state index >= 15 is 0 Å². The molecule has 2 aromatic rings. The molecule has 0 saturated carbocycles. The standard InChI is InChI=1S/C20H20N2O4S/c1-12-4-6-16(8-13(12)2)19-14(3)20(22-27(19,23)24)21-10-15-5-7-17-18(9-15)26-11-25-17/h4-9H,10-11H2,1-3H3,(H,21,22). The van der Waals surface area contributed by atoms with Gasteiger partial charge in [0.05, 0.1) is 6.54 Å². The third kappa shape index (κ3) is 3.19. The van der Waals surface area contributed by atoms with Gasteiger partial charge >= 0.3 is 0 Å². The molecule has 0 fully saturated rings. The summed E-state index contributed by atoms with van der Waals surface area (Å²) in [5.41, 5.74) is 4.39. The number of hydrogen-bond donors (Lipinski definition) is 1. The summed E-state index contributed by atoms with van der Waals surface area (Å²) in [4.78, 5) is 4.77. The van der Waals surface area contributed by atoms with Gasteiger partial charge in [-0.15, -0.1) is 0 Å². The molecule has 0 radical (unpaired) electrons.